The highest BCUT2D eigenvalue weighted by Crippen LogP contribution is 2.53. The van der Waals surface area contributed by atoms with E-state index in [1.165, 1.54) is 108 Å². The molecule has 0 N–H and O–H groups in total. The fourth-order valence-electron chi connectivity index (χ4n) is 9.46. The summed E-state index contributed by atoms with van der Waals surface area (Å²) in [7, 11) is 0. The first-order valence-corrected chi connectivity index (χ1v) is 19.3. The molecule has 1 aromatic heterocycles. The van der Waals surface area contributed by atoms with E-state index in [0.29, 0.717) is 0 Å². The largest absolute Gasteiger partial charge is 0.134 e. The van der Waals surface area contributed by atoms with Gasteiger partial charge in [-0.25, -0.2) is 0 Å². The van der Waals surface area contributed by atoms with Gasteiger partial charge in [-0.1, -0.05) is 153 Å². The van der Waals surface area contributed by atoms with Crippen LogP contribution in [0.3, 0.4) is 0 Å². The zero-order valence-corrected chi connectivity index (χ0v) is 30.2. The third kappa shape index (κ3) is 4.21. The summed E-state index contributed by atoms with van der Waals surface area (Å²) in [6, 6.07) is 52.9. The third-order valence-electron chi connectivity index (χ3n) is 11.9. The molecule has 0 fully saturated rings. The third-order valence-corrected chi connectivity index (χ3v) is 13.1. The van der Waals surface area contributed by atoms with Crippen LogP contribution in [0.2, 0.25) is 0 Å². The van der Waals surface area contributed by atoms with Crippen LogP contribution in [0.1, 0.15) is 43.4 Å². The first-order chi connectivity index (χ1) is 25.6. The van der Waals surface area contributed by atoms with Crippen molar-refractivity contribution in [2.24, 2.45) is 0 Å². The molecule has 0 saturated carbocycles. The highest BCUT2D eigenvalue weighted by atomic mass is 32.1. The first-order valence-electron chi connectivity index (χ1n) is 18.5. The Morgan fingerprint density at radius 1 is 0.519 bits per heavy atom. The molecular weight excluding hydrogens is 645 g/mol. The van der Waals surface area contributed by atoms with Gasteiger partial charge < -0.3 is 0 Å². The maximum atomic E-state index is 2.52. The predicted octanol–water partition coefficient (Wildman–Crippen LogP) is 14.9. The van der Waals surface area contributed by atoms with E-state index in [4.69, 9.17) is 0 Å². The molecular formula is C51H36S. The van der Waals surface area contributed by atoms with Gasteiger partial charge in [-0.05, 0) is 114 Å². The second-order valence-corrected chi connectivity index (χ2v) is 16.1. The van der Waals surface area contributed by atoms with E-state index in [9.17, 15) is 0 Å². The Hall–Kier alpha value is -5.76. The minimum absolute atomic E-state index is 0.0808. The van der Waals surface area contributed by atoms with Gasteiger partial charge in [0.25, 0.3) is 0 Å². The Morgan fingerprint density at radius 3 is 2.10 bits per heavy atom. The number of thiophene rings is 1. The standard InChI is InChI=1S/C51H36S/c1-51(2)43-21-11-10-17-37(43)38-26-25-35(30-44(38)51)47-40-19-9-8-18-39(40)46(34-24-23-31-13-6-7-16-33(31)29-34)41-27-28-42-48-36(32-14-4-3-5-15-32)20-12-22-45(48)52-50(42)49(41)47/h3-4,6-14,16-30H,5,15H2,1-2H3. The van der Waals surface area contributed by atoms with Gasteiger partial charge in [0, 0.05) is 31.0 Å². The van der Waals surface area contributed by atoms with Crippen molar-refractivity contribution in [2.75, 3.05) is 0 Å². The monoisotopic (exact) mass is 680 g/mol. The van der Waals surface area contributed by atoms with Crippen molar-refractivity contribution in [3.63, 3.8) is 0 Å². The van der Waals surface area contributed by atoms with Crippen LogP contribution in [0, 0.1) is 0 Å². The van der Waals surface area contributed by atoms with Crippen LogP contribution in [0.25, 0.3) is 91.4 Å². The second kappa shape index (κ2) is 11.1. The summed E-state index contributed by atoms with van der Waals surface area (Å²) in [5.74, 6) is 0. The zero-order chi connectivity index (χ0) is 34.6. The zero-order valence-electron chi connectivity index (χ0n) is 29.3. The first kappa shape index (κ1) is 29.9. The molecule has 2 aliphatic carbocycles. The SMILES string of the molecule is CC1(C)c2ccccc2-c2ccc(-c3c4ccccc4c(-c4ccc5ccccc5c4)c4ccc5c(sc6cccc(C7=CC=CCC7)c65)c34)cc21. The summed E-state index contributed by atoms with van der Waals surface area (Å²) < 4.78 is 2.73. The van der Waals surface area contributed by atoms with Gasteiger partial charge in [0.2, 0.25) is 0 Å². The lowest BCUT2D eigenvalue weighted by molar-refractivity contribution is 0.660. The molecule has 11 rings (SSSR count). The molecule has 0 bridgehead atoms. The van der Waals surface area contributed by atoms with Crippen molar-refractivity contribution in [1.82, 2.24) is 0 Å². The van der Waals surface area contributed by atoms with Crippen molar-refractivity contribution in [3.8, 4) is 33.4 Å². The van der Waals surface area contributed by atoms with Gasteiger partial charge in [-0.15, -0.1) is 11.3 Å². The van der Waals surface area contributed by atoms with Crippen molar-refractivity contribution in [1.29, 1.82) is 0 Å². The van der Waals surface area contributed by atoms with Crippen LogP contribution >= 0.6 is 11.3 Å². The summed E-state index contributed by atoms with van der Waals surface area (Å²) in [5.41, 5.74) is 13.5. The molecule has 0 nitrogen and oxygen atoms in total. The molecule has 0 saturated heterocycles. The summed E-state index contributed by atoms with van der Waals surface area (Å²) in [6.45, 7) is 4.78. The van der Waals surface area contributed by atoms with Crippen LogP contribution in [0.15, 0.2) is 158 Å². The van der Waals surface area contributed by atoms with E-state index >= 15 is 0 Å². The fraction of sp³-hybridized carbons (Fsp3) is 0.0980. The Balaban J connectivity index is 1.30. The topological polar surface area (TPSA) is 0 Å². The molecule has 2 aliphatic rings. The van der Waals surface area contributed by atoms with Crippen molar-refractivity contribution < 1.29 is 0 Å². The lowest BCUT2D eigenvalue weighted by Gasteiger charge is -2.23. The van der Waals surface area contributed by atoms with Crippen LogP contribution < -0.4 is 0 Å². The molecule has 0 radical (unpaired) electrons. The summed E-state index contributed by atoms with van der Waals surface area (Å²) in [6.07, 6.45) is 9.01. The maximum absolute atomic E-state index is 2.52. The number of hydrogen-bond donors (Lipinski definition) is 0. The fourth-order valence-corrected chi connectivity index (χ4v) is 10.7. The maximum Gasteiger partial charge on any atom is 0.0440 e. The van der Waals surface area contributed by atoms with E-state index in [-0.39, 0.29) is 5.41 Å². The molecule has 1 heteroatoms. The van der Waals surface area contributed by atoms with E-state index in [1.807, 2.05) is 11.3 Å². The Bertz CT molecular complexity index is 3040. The summed E-state index contributed by atoms with van der Waals surface area (Å²) >= 11 is 1.96. The molecule has 8 aromatic carbocycles. The second-order valence-electron chi connectivity index (χ2n) is 15.1. The Labute approximate surface area is 308 Å². The molecule has 246 valence electrons. The normalized spacial score (nSPS) is 14.8. The van der Waals surface area contributed by atoms with Crippen LogP contribution in [0.4, 0.5) is 0 Å². The molecule has 52 heavy (non-hydrogen) atoms. The molecule has 0 amide bonds. The van der Waals surface area contributed by atoms with Crippen LogP contribution in [-0.2, 0) is 5.41 Å². The van der Waals surface area contributed by atoms with Crippen LogP contribution in [-0.4, -0.2) is 0 Å². The van der Waals surface area contributed by atoms with Crippen molar-refractivity contribution in [2.45, 2.75) is 32.1 Å². The number of allylic oxidation sites excluding steroid dienone is 4. The molecule has 0 aliphatic heterocycles. The molecule has 9 aromatic rings. The predicted molar refractivity (Wildman–Crippen MR) is 227 cm³/mol. The Morgan fingerprint density at radius 2 is 1.23 bits per heavy atom. The minimum atomic E-state index is -0.0808. The molecule has 1 heterocycles. The lowest BCUT2D eigenvalue weighted by atomic mass is 9.80. The van der Waals surface area contributed by atoms with Gasteiger partial charge in [-0.2, -0.15) is 0 Å². The van der Waals surface area contributed by atoms with E-state index in [2.05, 4.69) is 172 Å². The van der Waals surface area contributed by atoms with Gasteiger partial charge in [0.1, 0.15) is 0 Å². The number of hydrogen-bond acceptors (Lipinski definition) is 1. The lowest BCUT2D eigenvalue weighted by Crippen LogP contribution is -2.14. The molecule has 0 atom stereocenters. The Kier molecular flexibility index (Phi) is 6.40. The highest BCUT2D eigenvalue weighted by Gasteiger charge is 2.35. The van der Waals surface area contributed by atoms with Crippen molar-refractivity contribution in [3.05, 3.63) is 174 Å². The number of benzene rings is 8. The van der Waals surface area contributed by atoms with Gasteiger partial charge in [-0.3, -0.25) is 0 Å². The van der Waals surface area contributed by atoms with Gasteiger partial charge in [0.05, 0.1) is 0 Å². The summed E-state index contributed by atoms with van der Waals surface area (Å²) in [5, 5.41) is 10.6. The van der Waals surface area contributed by atoms with Crippen LogP contribution in [0.5, 0.6) is 0 Å². The smallest absolute Gasteiger partial charge is 0.0440 e. The quantitative estimate of drug-likeness (QED) is 0.163. The highest BCUT2D eigenvalue weighted by molar-refractivity contribution is 7.26. The van der Waals surface area contributed by atoms with E-state index in [1.54, 1.807) is 0 Å². The summed E-state index contributed by atoms with van der Waals surface area (Å²) in [4.78, 5) is 0. The number of rotatable bonds is 3. The average Bonchev–Trinajstić information content (AvgIpc) is 3.69. The van der Waals surface area contributed by atoms with Gasteiger partial charge in [0.15, 0.2) is 0 Å². The minimum Gasteiger partial charge on any atom is -0.134 e. The average molecular weight is 681 g/mol. The van der Waals surface area contributed by atoms with Crippen molar-refractivity contribution >= 4 is 69.4 Å². The molecule has 0 spiro atoms. The number of fused-ring (bicyclic) bond motifs is 10. The van der Waals surface area contributed by atoms with E-state index in [0.717, 1.165) is 12.8 Å². The molecule has 0 unspecified atom stereocenters. The van der Waals surface area contributed by atoms with E-state index < -0.39 is 0 Å². The van der Waals surface area contributed by atoms with Gasteiger partial charge >= 0.3 is 0 Å².